The van der Waals surface area contributed by atoms with Crippen molar-refractivity contribution in [2.45, 2.75) is 326 Å². The molecule has 3 fully saturated rings. The van der Waals surface area contributed by atoms with Gasteiger partial charge in [0.1, 0.15) is 108 Å². The van der Waals surface area contributed by atoms with Crippen LogP contribution in [0.1, 0.15) is 234 Å². The van der Waals surface area contributed by atoms with E-state index in [-0.39, 0.29) is 150 Å². The molecule has 13 N–H and O–H groups in total. The number of rotatable bonds is 62. The molecule has 0 aromatic carbocycles. The van der Waals surface area contributed by atoms with Crippen LogP contribution in [-0.4, -0.2) is 282 Å². The zero-order chi connectivity index (χ0) is 80.0. The summed E-state index contributed by atoms with van der Waals surface area (Å²) in [6.07, 6.45) is -2.61. The first kappa shape index (κ1) is 97.4. The lowest BCUT2D eigenvalue weighted by molar-refractivity contribution is -0.270. The summed E-state index contributed by atoms with van der Waals surface area (Å²) in [7, 11) is 0. The Bertz CT molecular complexity index is 2390. The van der Waals surface area contributed by atoms with Gasteiger partial charge in [0.05, 0.1) is 59.5 Å². The summed E-state index contributed by atoms with van der Waals surface area (Å²) in [5.74, 6) is -1.72. The number of nitrogens with one attached hydrogen (secondary N) is 4. The van der Waals surface area contributed by atoms with Crippen LogP contribution >= 0.6 is 0 Å². The van der Waals surface area contributed by atoms with Gasteiger partial charge in [0.25, 0.3) is 0 Å². The van der Waals surface area contributed by atoms with Crippen molar-refractivity contribution in [1.29, 1.82) is 0 Å². The molecular weight excluding hydrogens is 1420 g/mol. The number of aliphatic hydroxyl groups excluding tert-OH is 9. The lowest BCUT2D eigenvalue weighted by Gasteiger charge is -2.42. The maximum absolute atomic E-state index is 13.9. The number of carbonyl (C=O) groups is 10. The Labute approximate surface area is 636 Å². The number of hydrogen-bond donors (Lipinski definition) is 13. The van der Waals surface area contributed by atoms with Crippen LogP contribution in [0.15, 0.2) is 0 Å². The molecular formula is C76H132N4O28. The summed E-state index contributed by atoms with van der Waals surface area (Å²) < 4.78 is 52.6. The van der Waals surface area contributed by atoms with Crippen LogP contribution in [0.5, 0.6) is 0 Å². The molecule has 3 aliphatic heterocycles. The summed E-state index contributed by atoms with van der Waals surface area (Å²) in [5.41, 5.74) is -0.997. The number of Topliss-reactive ketones (excluding diaryl/α,β-unsaturated/α-hetero) is 6. The third-order valence-corrected chi connectivity index (χ3v) is 19.1. The van der Waals surface area contributed by atoms with Gasteiger partial charge >= 0.3 is 0 Å². The highest BCUT2D eigenvalue weighted by Gasteiger charge is 2.48. The van der Waals surface area contributed by atoms with Gasteiger partial charge < -0.3 is 110 Å². The van der Waals surface area contributed by atoms with Gasteiger partial charge in [-0.2, -0.15) is 0 Å². The largest absolute Gasteiger partial charge is 0.394 e. The highest BCUT2D eigenvalue weighted by molar-refractivity contribution is 5.81. The van der Waals surface area contributed by atoms with Crippen molar-refractivity contribution in [1.82, 2.24) is 21.3 Å². The van der Waals surface area contributed by atoms with Crippen LogP contribution in [0, 0.1) is 10.8 Å². The Morgan fingerprint density at radius 1 is 0.343 bits per heavy atom. The molecule has 3 heterocycles. The lowest BCUT2D eigenvalue weighted by Crippen LogP contribution is -2.64. The van der Waals surface area contributed by atoms with E-state index in [1.165, 1.54) is 20.8 Å². The first-order valence-corrected chi connectivity index (χ1v) is 39.1. The van der Waals surface area contributed by atoms with Gasteiger partial charge in [0, 0.05) is 136 Å². The zero-order valence-corrected chi connectivity index (χ0v) is 64.8. The summed E-state index contributed by atoms with van der Waals surface area (Å²) >= 11 is 0. The number of unbranched alkanes of at least 4 members (excludes halogenated alkanes) is 9. The topological polar surface area (TPSA) is 484 Å². The van der Waals surface area contributed by atoms with Crippen molar-refractivity contribution in [2.75, 3.05) is 85.8 Å². The first-order valence-electron chi connectivity index (χ1n) is 39.1. The van der Waals surface area contributed by atoms with Gasteiger partial charge in [-0.25, -0.2) is 0 Å². The maximum atomic E-state index is 13.9. The van der Waals surface area contributed by atoms with E-state index in [1.807, 2.05) is 0 Å². The summed E-state index contributed by atoms with van der Waals surface area (Å²) in [6.45, 7) is 9.04. The molecule has 4 amide bonds. The second kappa shape index (κ2) is 54.8. The van der Waals surface area contributed by atoms with Crippen LogP contribution in [0.25, 0.3) is 0 Å². The van der Waals surface area contributed by atoms with Crippen molar-refractivity contribution < 1.29 is 137 Å². The lowest BCUT2D eigenvalue weighted by atomic mass is 9.83. The Morgan fingerprint density at radius 3 is 0.944 bits per heavy atom. The third-order valence-electron chi connectivity index (χ3n) is 19.1. The Morgan fingerprint density at radius 2 is 0.630 bits per heavy atom. The van der Waals surface area contributed by atoms with Crippen LogP contribution in [0.2, 0.25) is 0 Å². The van der Waals surface area contributed by atoms with Gasteiger partial charge in [-0.05, 0) is 95.3 Å². The second-order valence-electron chi connectivity index (χ2n) is 30.3. The van der Waals surface area contributed by atoms with E-state index in [4.69, 9.17) is 42.6 Å². The molecule has 32 heteroatoms. The van der Waals surface area contributed by atoms with E-state index in [2.05, 4.69) is 42.0 Å². The van der Waals surface area contributed by atoms with Crippen molar-refractivity contribution in [3.63, 3.8) is 0 Å². The number of ketones is 6. The van der Waals surface area contributed by atoms with Crippen LogP contribution in [-0.2, 0) is 90.6 Å². The fourth-order valence-corrected chi connectivity index (χ4v) is 12.9. The average molecular weight is 1550 g/mol. The molecule has 0 aromatic heterocycles. The van der Waals surface area contributed by atoms with Crippen LogP contribution in [0.3, 0.4) is 0 Å². The fraction of sp³-hybridized carbons (Fsp3) is 0.868. The number of aliphatic hydroxyl groups is 9. The predicted octanol–water partition coefficient (Wildman–Crippen LogP) is 2.18. The SMILES string of the molecule is CC(=O)NC1C(OCCCCC(=O)CCCCCC(=O)CCOCC(COCCC(=O)CCCCCC(=O)CCCCOC2OC(CO)C(O)C(O)C2NC(C)=O)(COCCC(=O)NCCCCC(=O)CCCCOC2OC(CO)C(O)C(O)C2NC(C)=O)CC(=O)CCCCC(C)(C)C)OC(CO)C(O)C1O. The van der Waals surface area contributed by atoms with Crippen molar-refractivity contribution in [2.24, 2.45) is 10.8 Å². The summed E-state index contributed by atoms with van der Waals surface area (Å²) in [4.78, 5) is 127. The second-order valence-corrected chi connectivity index (χ2v) is 30.3. The van der Waals surface area contributed by atoms with E-state index in [9.17, 15) is 93.9 Å². The molecule has 624 valence electrons. The Hall–Kier alpha value is -4.82. The zero-order valence-electron chi connectivity index (χ0n) is 64.8. The molecule has 0 spiro atoms. The highest BCUT2D eigenvalue weighted by Crippen LogP contribution is 2.30. The van der Waals surface area contributed by atoms with E-state index < -0.39 is 135 Å². The van der Waals surface area contributed by atoms with E-state index in [0.717, 1.165) is 12.8 Å². The van der Waals surface area contributed by atoms with E-state index >= 15 is 0 Å². The number of ether oxygens (including phenoxy) is 9. The standard InChI is InChI=1S/C76H132N4O28/c1-50(84)78-63-69(97)66(94)59(44-81)106-72(63)103-37-20-15-28-53(87)23-9-7-11-25-56(90)32-40-100-47-76(43-58(92)31-13-18-35-75(4,5)6,48-101-41-33-57(91)26-12-8-10-24-54(88)29-16-21-38-104-73-64(79-51(2)85)70(98)67(95)60(45-82)107-73)49-102-42-34-62(93)77-36-19-14-27-55(89)30-17-22-39-105-74-65(80-52(3)86)71(99)68(96)61(46-83)108-74/h59-61,63-74,81-83,94-99H,7-49H2,1-6H3,(H,77,93)(H,78,84)(H,79,85)(H,80,86). The number of hydrogen-bond acceptors (Lipinski definition) is 28. The molecule has 0 aliphatic carbocycles. The van der Waals surface area contributed by atoms with E-state index in [0.29, 0.717) is 141 Å². The Balaban J connectivity index is 1.51. The fourth-order valence-electron chi connectivity index (χ4n) is 12.9. The third kappa shape index (κ3) is 40.6. The van der Waals surface area contributed by atoms with Crippen LogP contribution < -0.4 is 21.3 Å². The first-order chi connectivity index (χ1) is 51.4. The van der Waals surface area contributed by atoms with Crippen molar-refractivity contribution in [3.05, 3.63) is 0 Å². The van der Waals surface area contributed by atoms with E-state index in [1.54, 1.807) is 0 Å². The minimum Gasteiger partial charge on any atom is -0.394 e. The molecule has 3 rings (SSSR count). The van der Waals surface area contributed by atoms with Gasteiger partial charge in [0.15, 0.2) is 18.9 Å². The number of carbonyl (C=O) groups excluding carboxylic acids is 10. The molecule has 15 unspecified atom stereocenters. The maximum Gasteiger partial charge on any atom is 0.222 e. The van der Waals surface area contributed by atoms with Crippen LogP contribution in [0.4, 0.5) is 0 Å². The molecule has 32 nitrogen and oxygen atoms in total. The molecule has 3 aliphatic rings. The Kier molecular flexibility index (Phi) is 49.4. The number of amides is 4. The van der Waals surface area contributed by atoms with Gasteiger partial charge in [-0.3, -0.25) is 47.9 Å². The van der Waals surface area contributed by atoms with Crippen molar-refractivity contribution in [3.8, 4) is 0 Å². The molecule has 0 saturated carbocycles. The molecule has 0 aromatic rings. The molecule has 0 radical (unpaired) electrons. The van der Waals surface area contributed by atoms with Gasteiger partial charge in [-0.15, -0.1) is 0 Å². The van der Waals surface area contributed by atoms with Crippen molar-refractivity contribution >= 4 is 58.3 Å². The monoisotopic (exact) mass is 1550 g/mol. The van der Waals surface area contributed by atoms with Gasteiger partial charge in [-0.1, -0.05) is 40.0 Å². The quantitative estimate of drug-likeness (QED) is 0.0388. The highest BCUT2D eigenvalue weighted by atomic mass is 16.7. The van der Waals surface area contributed by atoms with Gasteiger partial charge in [0.2, 0.25) is 23.6 Å². The molecule has 108 heavy (non-hydrogen) atoms. The summed E-state index contributed by atoms with van der Waals surface area (Å²) in [6, 6.07) is -3.19. The average Bonchev–Trinajstić information content (AvgIpc) is 0.820. The summed E-state index contributed by atoms with van der Waals surface area (Å²) in [5, 5.41) is 101. The minimum absolute atomic E-state index is 0.00277. The normalized spacial score (nSPS) is 25.0. The smallest absolute Gasteiger partial charge is 0.222 e. The molecule has 3 saturated heterocycles. The predicted molar refractivity (Wildman–Crippen MR) is 390 cm³/mol. The minimum atomic E-state index is -1.44. The molecule has 15 atom stereocenters. The molecule has 0 bridgehead atoms.